The molecule has 3 unspecified atom stereocenters. The Bertz CT molecular complexity index is 377. The van der Waals surface area contributed by atoms with Gasteiger partial charge in [0.25, 0.3) is 0 Å². The molecule has 3 nitrogen and oxygen atoms in total. The zero-order chi connectivity index (χ0) is 12.4. The summed E-state index contributed by atoms with van der Waals surface area (Å²) in [6, 6.07) is 4.74. The molecule has 3 atom stereocenters. The Kier molecular flexibility index (Phi) is 3.84. The van der Waals surface area contributed by atoms with Crippen LogP contribution in [0, 0.1) is 5.92 Å². The molecule has 0 radical (unpaired) electrons. The lowest BCUT2D eigenvalue weighted by atomic mass is 10.0. The number of nitrogens with zero attached hydrogens (tertiary/aromatic N) is 1. The summed E-state index contributed by atoms with van der Waals surface area (Å²) >= 11 is 1.77. The Morgan fingerprint density at radius 2 is 2.47 bits per heavy atom. The van der Waals surface area contributed by atoms with E-state index < -0.39 is 5.97 Å². The van der Waals surface area contributed by atoms with Gasteiger partial charge in [-0.3, -0.25) is 9.69 Å². The van der Waals surface area contributed by atoms with Crippen LogP contribution in [0.15, 0.2) is 17.5 Å². The fourth-order valence-corrected chi connectivity index (χ4v) is 3.74. The van der Waals surface area contributed by atoms with Crippen LogP contribution in [0.5, 0.6) is 0 Å². The van der Waals surface area contributed by atoms with Crippen molar-refractivity contribution >= 4 is 17.3 Å². The molecule has 1 N–H and O–H groups in total. The van der Waals surface area contributed by atoms with E-state index in [4.69, 9.17) is 5.11 Å². The predicted molar refractivity (Wildman–Crippen MR) is 69.3 cm³/mol. The van der Waals surface area contributed by atoms with Crippen molar-refractivity contribution in [3.8, 4) is 0 Å². The van der Waals surface area contributed by atoms with Gasteiger partial charge in [-0.05, 0) is 37.8 Å². The average molecular weight is 253 g/mol. The molecule has 1 saturated heterocycles. The van der Waals surface area contributed by atoms with E-state index in [1.54, 1.807) is 11.3 Å². The first kappa shape index (κ1) is 12.6. The predicted octanol–water partition coefficient (Wildman–Crippen LogP) is 2.99. The van der Waals surface area contributed by atoms with E-state index in [9.17, 15) is 4.79 Å². The van der Waals surface area contributed by atoms with Crippen molar-refractivity contribution < 1.29 is 9.90 Å². The average Bonchev–Trinajstić information content (AvgIpc) is 2.91. The zero-order valence-corrected chi connectivity index (χ0v) is 11.1. The molecule has 4 heteroatoms. The van der Waals surface area contributed by atoms with Crippen molar-refractivity contribution in [1.29, 1.82) is 0 Å². The Balaban J connectivity index is 2.14. The maximum atomic E-state index is 11.1. The van der Waals surface area contributed by atoms with Gasteiger partial charge in [0.05, 0.1) is 5.92 Å². The van der Waals surface area contributed by atoms with E-state index in [-0.39, 0.29) is 12.0 Å². The molecule has 0 bridgehead atoms. The number of hydrogen-bond donors (Lipinski definition) is 1. The molecule has 0 saturated carbocycles. The first-order valence-electron chi connectivity index (χ1n) is 6.17. The fourth-order valence-electron chi connectivity index (χ4n) is 2.81. The van der Waals surface area contributed by atoms with Crippen LogP contribution in [-0.4, -0.2) is 28.6 Å². The number of aliphatic carboxylic acids is 1. The molecule has 2 rings (SSSR count). The van der Waals surface area contributed by atoms with E-state index in [0.717, 1.165) is 19.4 Å². The molecule has 1 aliphatic rings. The van der Waals surface area contributed by atoms with E-state index in [2.05, 4.69) is 29.3 Å². The number of likely N-dealkylation sites (tertiary alicyclic amines) is 1. The highest BCUT2D eigenvalue weighted by Gasteiger charge is 2.38. The van der Waals surface area contributed by atoms with Crippen molar-refractivity contribution in [3.05, 3.63) is 22.4 Å². The van der Waals surface area contributed by atoms with E-state index >= 15 is 0 Å². The molecule has 1 aliphatic heterocycles. The first-order chi connectivity index (χ1) is 8.15. The van der Waals surface area contributed by atoms with Gasteiger partial charge in [0.2, 0.25) is 0 Å². The largest absolute Gasteiger partial charge is 0.481 e. The van der Waals surface area contributed by atoms with Crippen LogP contribution in [0.1, 0.15) is 37.6 Å². The van der Waals surface area contributed by atoms with Crippen LogP contribution in [-0.2, 0) is 4.79 Å². The molecule has 94 valence electrons. The molecule has 1 aromatic heterocycles. The van der Waals surface area contributed by atoms with Crippen molar-refractivity contribution in [3.63, 3.8) is 0 Å². The van der Waals surface area contributed by atoms with Crippen LogP contribution in [0.2, 0.25) is 0 Å². The summed E-state index contributed by atoms with van der Waals surface area (Å²) in [5.41, 5.74) is 0. The zero-order valence-electron chi connectivity index (χ0n) is 10.3. The molecule has 1 fully saturated rings. The van der Waals surface area contributed by atoms with Gasteiger partial charge in [0.1, 0.15) is 0 Å². The molecule has 0 spiro atoms. The summed E-state index contributed by atoms with van der Waals surface area (Å²) < 4.78 is 0. The van der Waals surface area contributed by atoms with Crippen LogP contribution in [0.3, 0.4) is 0 Å². The maximum absolute atomic E-state index is 11.1. The van der Waals surface area contributed by atoms with Crippen LogP contribution < -0.4 is 0 Å². The number of carbonyl (C=O) groups is 1. The third-order valence-corrected chi connectivity index (χ3v) is 4.75. The van der Waals surface area contributed by atoms with Gasteiger partial charge in [-0.2, -0.15) is 0 Å². The van der Waals surface area contributed by atoms with Crippen LogP contribution in [0.25, 0.3) is 0 Å². The molecular weight excluding hydrogens is 234 g/mol. The van der Waals surface area contributed by atoms with Gasteiger partial charge in [0, 0.05) is 17.0 Å². The van der Waals surface area contributed by atoms with Crippen molar-refractivity contribution in [2.75, 3.05) is 6.54 Å². The number of carboxylic acids is 1. The normalized spacial score (nSPS) is 27.2. The minimum Gasteiger partial charge on any atom is -0.481 e. The molecular formula is C13H19NO2S. The van der Waals surface area contributed by atoms with Crippen molar-refractivity contribution in [2.24, 2.45) is 5.92 Å². The Morgan fingerprint density at radius 3 is 2.94 bits per heavy atom. The van der Waals surface area contributed by atoms with E-state index in [1.807, 2.05) is 6.92 Å². The molecule has 17 heavy (non-hydrogen) atoms. The standard InChI is InChI=1S/C13H19NO2S/c1-3-11(12-5-4-8-17-12)14-7-6-10(9(14)2)13(15)16/h4-5,8-11H,3,6-7H2,1-2H3,(H,15,16). The van der Waals surface area contributed by atoms with Gasteiger partial charge in [-0.1, -0.05) is 13.0 Å². The molecule has 0 aliphatic carbocycles. The molecule has 1 aromatic rings. The van der Waals surface area contributed by atoms with Crippen LogP contribution >= 0.6 is 11.3 Å². The second kappa shape index (κ2) is 5.19. The fraction of sp³-hybridized carbons (Fsp3) is 0.615. The van der Waals surface area contributed by atoms with Gasteiger partial charge in [-0.15, -0.1) is 11.3 Å². The highest BCUT2D eigenvalue weighted by Crippen LogP contribution is 2.36. The number of rotatable bonds is 4. The third kappa shape index (κ3) is 2.38. The molecule has 0 aromatic carbocycles. The number of hydrogen-bond acceptors (Lipinski definition) is 3. The topological polar surface area (TPSA) is 40.5 Å². The summed E-state index contributed by atoms with van der Waals surface area (Å²) in [6.07, 6.45) is 1.82. The summed E-state index contributed by atoms with van der Waals surface area (Å²) in [5, 5.41) is 11.3. The quantitative estimate of drug-likeness (QED) is 0.896. The summed E-state index contributed by atoms with van der Waals surface area (Å²) in [5.74, 6) is -0.856. The Labute approximate surface area is 106 Å². The van der Waals surface area contributed by atoms with Crippen LogP contribution in [0.4, 0.5) is 0 Å². The lowest BCUT2D eigenvalue weighted by Gasteiger charge is -2.31. The lowest BCUT2D eigenvalue weighted by Crippen LogP contribution is -2.35. The second-order valence-corrected chi connectivity index (χ2v) is 5.63. The van der Waals surface area contributed by atoms with Gasteiger partial charge in [-0.25, -0.2) is 0 Å². The maximum Gasteiger partial charge on any atom is 0.308 e. The minimum absolute atomic E-state index is 0.138. The summed E-state index contributed by atoms with van der Waals surface area (Å²) in [6.45, 7) is 5.11. The third-order valence-electron chi connectivity index (χ3n) is 3.78. The first-order valence-corrected chi connectivity index (χ1v) is 7.05. The molecule has 2 heterocycles. The summed E-state index contributed by atoms with van der Waals surface area (Å²) in [4.78, 5) is 14.8. The van der Waals surface area contributed by atoms with Gasteiger partial charge < -0.3 is 5.11 Å². The number of carboxylic acid groups (broad SMARTS) is 1. The summed E-state index contributed by atoms with van der Waals surface area (Å²) in [7, 11) is 0. The van der Waals surface area contributed by atoms with E-state index in [1.165, 1.54) is 4.88 Å². The van der Waals surface area contributed by atoms with E-state index in [0.29, 0.717) is 6.04 Å². The Hall–Kier alpha value is -0.870. The monoisotopic (exact) mass is 253 g/mol. The highest BCUT2D eigenvalue weighted by atomic mass is 32.1. The Morgan fingerprint density at radius 1 is 1.71 bits per heavy atom. The minimum atomic E-state index is -0.652. The number of thiophene rings is 1. The van der Waals surface area contributed by atoms with Gasteiger partial charge >= 0.3 is 5.97 Å². The smallest absolute Gasteiger partial charge is 0.308 e. The molecule has 0 amide bonds. The lowest BCUT2D eigenvalue weighted by molar-refractivity contribution is -0.142. The second-order valence-electron chi connectivity index (χ2n) is 4.65. The van der Waals surface area contributed by atoms with Gasteiger partial charge in [0.15, 0.2) is 0 Å². The highest BCUT2D eigenvalue weighted by molar-refractivity contribution is 7.10. The van der Waals surface area contributed by atoms with Crippen molar-refractivity contribution in [2.45, 2.75) is 38.8 Å². The van der Waals surface area contributed by atoms with Crippen molar-refractivity contribution in [1.82, 2.24) is 4.90 Å². The SMILES string of the molecule is CCC(c1cccs1)N1CCC(C(=O)O)C1C.